The number of benzene rings is 2. The Hall–Kier alpha value is -2.59. The monoisotopic (exact) mass is 320 g/mol. The predicted octanol–water partition coefficient (Wildman–Crippen LogP) is 5.47. The normalized spacial score (nSPS) is 11.0. The van der Waals surface area contributed by atoms with Crippen LogP contribution in [0, 0.1) is 12.7 Å². The number of hydrogen-bond donors (Lipinski definition) is 0. The van der Waals surface area contributed by atoms with Crippen molar-refractivity contribution in [2.24, 2.45) is 0 Å². The number of nitrogens with zero attached hydrogens (tertiary/aromatic N) is 2. The van der Waals surface area contributed by atoms with Crippen molar-refractivity contribution in [3.05, 3.63) is 71.9 Å². The summed E-state index contributed by atoms with van der Waals surface area (Å²) in [7, 11) is 0. The quantitative estimate of drug-likeness (QED) is 0.489. The molecule has 0 bridgehead atoms. The van der Waals surface area contributed by atoms with Crippen LogP contribution < -0.4 is 0 Å². The highest BCUT2D eigenvalue weighted by atomic mass is 32.1. The zero-order valence-corrected chi connectivity index (χ0v) is 13.3. The molecule has 2 nitrogen and oxygen atoms in total. The van der Waals surface area contributed by atoms with E-state index in [1.165, 1.54) is 22.2 Å². The Labute approximate surface area is 137 Å². The number of rotatable bonds is 2. The molecule has 0 aliphatic heterocycles. The van der Waals surface area contributed by atoms with Gasteiger partial charge < -0.3 is 0 Å². The van der Waals surface area contributed by atoms with E-state index >= 15 is 0 Å². The SMILES string of the molecule is Cc1ncncc1-c1cccc2c(-c3ccc(F)cc3)csc12. The van der Waals surface area contributed by atoms with Crippen LogP contribution in [0.15, 0.2) is 60.4 Å². The van der Waals surface area contributed by atoms with Crippen LogP contribution in [0.3, 0.4) is 0 Å². The average Bonchev–Trinajstić information content (AvgIpc) is 3.00. The highest BCUT2D eigenvalue weighted by molar-refractivity contribution is 7.18. The molecule has 0 fully saturated rings. The molecule has 4 aromatic rings. The Balaban J connectivity index is 1.94. The van der Waals surface area contributed by atoms with E-state index in [9.17, 15) is 4.39 Å². The Morgan fingerprint density at radius 1 is 0.957 bits per heavy atom. The Morgan fingerprint density at radius 2 is 1.78 bits per heavy atom. The molecule has 23 heavy (non-hydrogen) atoms. The molecule has 4 heteroatoms. The zero-order valence-electron chi connectivity index (χ0n) is 12.5. The summed E-state index contributed by atoms with van der Waals surface area (Å²) in [6.07, 6.45) is 3.42. The number of aromatic nitrogens is 2. The van der Waals surface area contributed by atoms with Crippen molar-refractivity contribution >= 4 is 21.4 Å². The molecule has 0 spiro atoms. The van der Waals surface area contributed by atoms with Crippen LogP contribution in [0.5, 0.6) is 0 Å². The standard InChI is InChI=1S/C19H13FN2S/c1-12-17(9-21-11-22-12)15-3-2-4-16-18(10-23-19(15)16)13-5-7-14(20)8-6-13/h2-11H,1H3. The number of thiophene rings is 1. The third kappa shape index (κ3) is 2.41. The van der Waals surface area contributed by atoms with Gasteiger partial charge in [-0.05, 0) is 30.0 Å². The molecule has 2 heterocycles. The number of hydrogen-bond acceptors (Lipinski definition) is 3. The van der Waals surface area contributed by atoms with Gasteiger partial charge in [0.05, 0.1) is 0 Å². The molecular weight excluding hydrogens is 307 g/mol. The minimum Gasteiger partial charge on any atom is -0.244 e. The lowest BCUT2D eigenvalue weighted by Gasteiger charge is -2.06. The van der Waals surface area contributed by atoms with Crippen molar-refractivity contribution < 1.29 is 4.39 Å². The van der Waals surface area contributed by atoms with Gasteiger partial charge in [0.1, 0.15) is 12.1 Å². The molecule has 0 radical (unpaired) electrons. The van der Waals surface area contributed by atoms with Gasteiger partial charge in [-0.1, -0.05) is 30.3 Å². The summed E-state index contributed by atoms with van der Waals surface area (Å²) in [5, 5.41) is 3.29. The molecule has 112 valence electrons. The van der Waals surface area contributed by atoms with Crippen LogP contribution in [0.1, 0.15) is 5.69 Å². The van der Waals surface area contributed by atoms with E-state index in [2.05, 4.69) is 27.5 Å². The van der Waals surface area contributed by atoms with Gasteiger partial charge in [-0.3, -0.25) is 0 Å². The number of halogens is 1. The van der Waals surface area contributed by atoms with E-state index in [1.807, 2.05) is 31.3 Å². The van der Waals surface area contributed by atoms with E-state index < -0.39 is 0 Å². The van der Waals surface area contributed by atoms with E-state index in [0.29, 0.717) is 0 Å². The molecule has 0 unspecified atom stereocenters. The first kappa shape index (κ1) is 14.0. The summed E-state index contributed by atoms with van der Waals surface area (Å²) in [4.78, 5) is 8.44. The summed E-state index contributed by atoms with van der Waals surface area (Å²) >= 11 is 1.69. The van der Waals surface area contributed by atoms with Gasteiger partial charge in [0.25, 0.3) is 0 Å². The van der Waals surface area contributed by atoms with E-state index in [4.69, 9.17) is 0 Å². The first-order chi connectivity index (χ1) is 11.2. The lowest BCUT2D eigenvalue weighted by molar-refractivity contribution is 0.628. The van der Waals surface area contributed by atoms with Crippen molar-refractivity contribution in [1.82, 2.24) is 9.97 Å². The average molecular weight is 320 g/mol. The first-order valence-electron chi connectivity index (χ1n) is 7.27. The number of aryl methyl sites for hydroxylation is 1. The summed E-state index contributed by atoms with van der Waals surface area (Å²) < 4.78 is 14.4. The van der Waals surface area contributed by atoms with Gasteiger partial charge in [-0.2, -0.15) is 0 Å². The second-order valence-corrected chi connectivity index (χ2v) is 6.24. The second-order valence-electron chi connectivity index (χ2n) is 5.36. The van der Waals surface area contributed by atoms with Crippen molar-refractivity contribution in [2.75, 3.05) is 0 Å². The maximum Gasteiger partial charge on any atom is 0.123 e. The Bertz CT molecular complexity index is 990. The lowest BCUT2D eigenvalue weighted by Crippen LogP contribution is -1.89. The van der Waals surface area contributed by atoms with Crippen molar-refractivity contribution in [3.8, 4) is 22.3 Å². The third-order valence-corrected chi connectivity index (χ3v) is 4.99. The summed E-state index contributed by atoms with van der Waals surface area (Å²) in [6.45, 7) is 1.99. The van der Waals surface area contributed by atoms with Gasteiger partial charge in [0.15, 0.2) is 0 Å². The molecule has 0 saturated heterocycles. The molecule has 0 saturated carbocycles. The number of fused-ring (bicyclic) bond motifs is 1. The van der Waals surface area contributed by atoms with Gasteiger partial charge in [0.2, 0.25) is 0 Å². The van der Waals surface area contributed by atoms with Crippen LogP contribution in [-0.2, 0) is 0 Å². The van der Waals surface area contributed by atoms with Gasteiger partial charge in [-0.25, -0.2) is 14.4 Å². The highest BCUT2D eigenvalue weighted by Crippen LogP contribution is 2.39. The minimum absolute atomic E-state index is 0.217. The van der Waals surface area contributed by atoms with Gasteiger partial charge in [-0.15, -0.1) is 11.3 Å². The fraction of sp³-hybridized carbons (Fsp3) is 0.0526. The molecule has 4 rings (SSSR count). The summed E-state index contributed by atoms with van der Waals surface area (Å²) in [6, 6.07) is 12.9. The fourth-order valence-corrected chi connectivity index (χ4v) is 3.89. The summed E-state index contributed by atoms with van der Waals surface area (Å²) in [5.41, 5.74) is 5.30. The maximum atomic E-state index is 13.2. The molecule has 0 aliphatic rings. The molecule has 0 amide bonds. The molecule has 2 aromatic heterocycles. The topological polar surface area (TPSA) is 25.8 Å². The Kier molecular flexibility index (Phi) is 3.39. The van der Waals surface area contributed by atoms with Gasteiger partial charge >= 0.3 is 0 Å². The molecule has 0 atom stereocenters. The largest absolute Gasteiger partial charge is 0.244 e. The van der Waals surface area contributed by atoms with E-state index in [-0.39, 0.29) is 5.82 Å². The van der Waals surface area contributed by atoms with Crippen LogP contribution >= 0.6 is 11.3 Å². The van der Waals surface area contributed by atoms with Crippen molar-refractivity contribution in [2.45, 2.75) is 6.92 Å². The maximum absolute atomic E-state index is 13.2. The van der Waals surface area contributed by atoms with Gasteiger partial charge in [0, 0.05) is 38.7 Å². The molecule has 2 aromatic carbocycles. The molecule has 0 aliphatic carbocycles. The minimum atomic E-state index is -0.217. The second kappa shape index (κ2) is 5.56. The van der Waals surface area contributed by atoms with Crippen LogP contribution in [-0.4, -0.2) is 9.97 Å². The van der Waals surface area contributed by atoms with E-state index in [1.54, 1.807) is 17.7 Å². The van der Waals surface area contributed by atoms with Crippen LogP contribution in [0.2, 0.25) is 0 Å². The van der Waals surface area contributed by atoms with Crippen molar-refractivity contribution in [1.29, 1.82) is 0 Å². The smallest absolute Gasteiger partial charge is 0.123 e. The van der Waals surface area contributed by atoms with Crippen LogP contribution in [0.4, 0.5) is 4.39 Å². The molecule has 0 N–H and O–H groups in total. The fourth-order valence-electron chi connectivity index (χ4n) is 2.78. The Morgan fingerprint density at radius 3 is 2.57 bits per heavy atom. The summed E-state index contributed by atoms with van der Waals surface area (Å²) in [5.74, 6) is -0.217. The third-order valence-electron chi connectivity index (χ3n) is 3.96. The predicted molar refractivity (Wildman–Crippen MR) is 93.0 cm³/mol. The zero-order chi connectivity index (χ0) is 15.8. The first-order valence-corrected chi connectivity index (χ1v) is 8.15. The highest BCUT2D eigenvalue weighted by Gasteiger charge is 2.12. The lowest BCUT2D eigenvalue weighted by atomic mass is 10.00. The molecular formula is C19H13FN2S. The van der Waals surface area contributed by atoms with E-state index in [0.717, 1.165) is 27.9 Å². The van der Waals surface area contributed by atoms with Crippen LogP contribution in [0.25, 0.3) is 32.3 Å². The van der Waals surface area contributed by atoms with Crippen molar-refractivity contribution in [3.63, 3.8) is 0 Å².